The molecule has 156 valence electrons. The van der Waals surface area contributed by atoms with Crippen LogP contribution in [0.3, 0.4) is 0 Å². The third-order valence-electron chi connectivity index (χ3n) is 5.14. The maximum absolute atomic E-state index is 12.6. The number of aryl methyl sites for hydroxylation is 2. The summed E-state index contributed by atoms with van der Waals surface area (Å²) in [5.74, 6) is 0.848. The summed E-state index contributed by atoms with van der Waals surface area (Å²) in [6, 6.07) is 13.9. The van der Waals surface area contributed by atoms with E-state index in [-0.39, 0.29) is 11.7 Å². The Morgan fingerprint density at radius 3 is 2.63 bits per heavy atom. The van der Waals surface area contributed by atoms with Crippen LogP contribution in [-0.4, -0.2) is 52.9 Å². The smallest absolute Gasteiger partial charge is 0.277 e. The van der Waals surface area contributed by atoms with Crippen molar-refractivity contribution in [3.05, 3.63) is 58.6 Å². The van der Waals surface area contributed by atoms with E-state index < -0.39 is 0 Å². The van der Waals surface area contributed by atoms with E-state index in [1.165, 1.54) is 17.3 Å². The standard InChI is InChI=1S/C22H23ClN4O2S/c1-15-6-7-19(16(2)12-15)21-24-25-22(29-21)30-14-20(28)27-10-8-26(9-11-27)18-5-3-4-17(23)13-18/h3-7,12-13H,8-11,14H2,1-2H3. The number of hydrogen-bond acceptors (Lipinski definition) is 6. The normalized spacial score (nSPS) is 14.2. The van der Waals surface area contributed by atoms with Crippen molar-refractivity contribution in [1.29, 1.82) is 0 Å². The number of aromatic nitrogens is 2. The van der Waals surface area contributed by atoms with Crippen molar-refractivity contribution in [2.24, 2.45) is 0 Å². The topological polar surface area (TPSA) is 62.5 Å². The Hall–Kier alpha value is -2.51. The number of anilines is 1. The lowest BCUT2D eigenvalue weighted by Crippen LogP contribution is -2.49. The molecule has 1 aromatic heterocycles. The van der Waals surface area contributed by atoms with Crippen molar-refractivity contribution < 1.29 is 9.21 Å². The SMILES string of the molecule is Cc1ccc(-c2nnc(SCC(=O)N3CCN(c4cccc(Cl)c4)CC3)o2)c(C)c1. The molecule has 4 rings (SSSR count). The zero-order chi connectivity index (χ0) is 21.1. The summed E-state index contributed by atoms with van der Waals surface area (Å²) in [4.78, 5) is 16.7. The molecule has 6 nitrogen and oxygen atoms in total. The number of halogens is 1. The van der Waals surface area contributed by atoms with E-state index in [9.17, 15) is 4.79 Å². The van der Waals surface area contributed by atoms with E-state index in [0.29, 0.717) is 24.2 Å². The predicted octanol–water partition coefficient (Wildman–Crippen LogP) is 4.45. The Kier molecular flexibility index (Phi) is 6.29. The fourth-order valence-corrected chi connectivity index (χ4v) is 4.38. The largest absolute Gasteiger partial charge is 0.411 e. The van der Waals surface area contributed by atoms with E-state index >= 15 is 0 Å². The number of carbonyl (C=O) groups excluding carboxylic acids is 1. The molecule has 0 spiro atoms. The fourth-order valence-electron chi connectivity index (χ4n) is 3.53. The molecule has 1 fully saturated rings. The molecule has 1 aliphatic heterocycles. The van der Waals surface area contributed by atoms with Gasteiger partial charge in [-0.1, -0.05) is 47.1 Å². The van der Waals surface area contributed by atoms with Gasteiger partial charge in [0.15, 0.2) is 0 Å². The maximum Gasteiger partial charge on any atom is 0.277 e. The molecule has 1 amide bonds. The monoisotopic (exact) mass is 442 g/mol. The van der Waals surface area contributed by atoms with Gasteiger partial charge in [0.1, 0.15) is 0 Å². The van der Waals surface area contributed by atoms with Gasteiger partial charge in [-0.25, -0.2) is 0 Å². The summed E-state index contributed by atoms with van der Waals surface area (Å²) in [5.41, 5.74) is 4.28. The Labute approximate surface area is 185 Å². The van der Waals surface area contributed by atoms with Gasteiger partial charge in [0, 0.05) is 42.5 Å². The first kappa shape index (κ1) is 20.8. The molecular weight excluding hydrogens is 420 g/mol. The van der Waals surface area contributed by atoms with Gasteiger partial charge in [-0.3, -0.25) is 4.79 Å². The van der Waals surface area contributed by atoms with Gasteiger partial charge in [0.2, 0.25) is 11.8 Å². The molecule has 0 saturated carbocycles. The number of amides is 1. The van der Waals surface area contributed by atoms with Crippen molar-refractivity contribution in [1.82, 2.24) is 15.1 Å². The van der Waals surface area contributed by atoms with E-state index in [0.717, 1.165) is 34.9 Å². The third kappa shape index (κ3) is 4.79. The second-order valence-electron chi connectivity index (χ2n) is 7.33. The van der Waals surface area contributed by atoms with E-state index in [1.54, 1.807) is 0 Å². The molecule has 0 radical (unpaired) electrons. The summed E-state index contributed by atoms with van der Waals surface area (Å²) in [5, 5.41) is 9.36. The highest BCUT2D eigenvalue weighted by Crippen LogP contribution is 2.27. The highest BCUT2D eigenvalue weighted by atomic mass is 35.5. The lowest BCUT2D eigenvalue weighted by atomic mass is 10.1. The molecule has 30 heavy (non-hydrogen) atoms. The third-order valence-corrected chi connectivity index (χ3v) is 6.18. The number of hydrogen-bond donors (Lipinski definition) is 0. The Morgan fingerprint density at radius 1 is 1.10 bits per heavy atom. The van der Waals surface area contributed by atoms with Crippen molar-refractivity contribution >= 4 is 35.0 Å². The average Bonchev–Trinajstić information content (AvgIpc) is 3.21. The lowest BCUT2D eigenvalue weighted by Gasteiger charge is -2.36. The van der Waals surface area contributed by atoms with Gasteiger partial charge in [0.25, 0.3) is 5.22 Å². The molecule has 1 saturated heterocycles. The molecule has 2 heterocycles. The van der Waals surface area contributed by atoms with Crippen molar-refractivity contribution in [2.75, 3.05) is 36.8 Å². The zero-order valence-corrected chi connectivity index (χ0v) is 18.5. The summed E-state index contributed by atoms with van der Waals surface area (Å²) in [6.07, 6.45) is 0. The minimum atomic E-state index is 0.0806. The number of thioether (sulfide) groups is 1. The van der Waals surface area contributed by atoms with Gasteiger partial charge in [-0.15, -0.1) is 10.2 Å². The van der Waals surface area contributed by atoms with Crippen LogP contribution in [0.25, 0.3) is 11.5 Å². The van der Waals surface area contributed by atoms with Crippen LogP contribution in [-0.2, 0) is 4.79 Å². The Bertz CT molecular complexity index is 1050. The van der Waals surface area contributed by atoms with Crippen LogP contribution < -0.4 is 4.90 Å². The fraction of sp³-hybridized carbons (Fsp3) is 0.318. The Balaban J connectivity index is 1.30. The van der Waals surface area contributed by atoms with Gasteiger partial charge < -0.3 is 14.2 Å². The molecule has 1 aliphatic rings. The number of carbonyl (C=O) groups is 1. The number of nitrogens with zero attached hydrogens (tertiary/aromatic N) is 4. The summed E-state index contributed by atoms with van der Waals surface area (Å²) < 4.78 is 5.76. The first-order valence-corrected chi connectivity index (χ1v) is 11.2. The minimum absolute atomic E-state index is 0.0806. The average molecular weight is 443 g/mol. The van der Waals surface area contributed by atoms with E-state index in [2.05, 4.69) is 21.2 Å². The molecule has 8 heteroatoms. The first-order chi connectivity index (χ1) is 14.5. The summed E-state index contributed by atoms with van der Waals surface area (Å²) in [6.45, 7) is 7.01. The van der Waals surface area contributed by atoms with Crippen LogP contribution >= 0.6 is 23.4 Å². The van der Waals surface area contributed by atoms with Crippen molar-refractivity contribution in [2.45, 2.75) is 19.1 Å². The highest BCUT2D eigenvalue weighted by molar-refractivity contribution is 7.99. The van der Waals surface area contributed by atoms with Gasteiger partial charge in [0.05, 0.1) is 5.75 Å². The maximum atomic E-state index is 12.6. The molecular formula is C22H23ClN4O2S. The van der Waals surface area contributed by atoms with Crippen LogP contribution in [0.15, 0.2) is 52.1 Å². The summed E-state index contributed by atoms with van der Waals surface area (Å²) >= 11 is 7.37. The molecule has 3 aromatic rings. The number of benzene rings is 2. The molecule has 0 aliphatic carbocycles. The lowest BCUT2D eigenvalue weighted by molar-refractivity contribution is -0.128. The second kappa shape index (κ2) is 9.10. The van der Waals surface area contributed by atoms with Crippen molar-refractivity contribution in [3.8, 4) is 11.5 Å². The zero-order valence-electron chi connectivity index (χ0n) is 17.0. The predicted molar refractivity (Wildman–Crippen MR) is 120 cm³/mol. The van der Waals surface area contributed by atoms with Gasteiger partial charge >= 0.3 is 0 Å². The minimum Gasteiger partial charge on any atom is -0.411 e. The van der Waals surface area contributed by atoms with Crippen LogP contribution in [0, 0.1) is 13.8 Å². The highest BCUT2D eigenvalue weighted by Gasteiger charge is 2.22. The van der Waals surface area contributed by atoms with E-state index in [4.69, 9.17) is 16.0 Å². The van der Waals surface area contributed by atoms with Crippen LogP contribution in [0.5, 0.6) is 0 Å². The summed E-state index contributed by atoms with van der Waals surface area (Å²) in [7, 11) is 0. The van der Waals surface area contributed by atoms with Crippen LogP contribution in [0.4, 0.5) is 5.69 Å². The number of piperazine rings is 1. The van der Waals surface area contributed by atoms with Gasteiger partial charge in [-0.05, 0) is 43.7 Å². The van der Waals surface area contributed by atoms with Gasteiger partial charge in [-0.2, -0.15) is 0 Å². The van der Waals surface area contributed by atoms with Crippen molar-refractivity contribution in [3.63, 3.8) is 0 Å². The number of rotatable bonds is 5. The first-order valence-electron chi connectivity index (χ1n) is 9.82. The molecule has 0 unspecified atom stereocenters. The van der Waals surface area contributed by atoms with Crippen LogP contribution in [0.2, 0.25) is 5.02 Å². The molecule has 2 aromatic carbocycles. The Morgan fingerprint density at radius 2 is 1.90 bits per heavy atom. The quantitative estimate of drug-likeness (QED) is 0.544. The molecule has 0 N–H and O–H groups in total. The van der Waals surface area contributed by atoms with E-state index in [1.807, 2.05) is 55.1 Å². The second-order valence-corrected chi connectivity index (χ2v) is 8.69. The molecule has 0 bridgehead atoms. The van der Waals surface area contributed by atoms with Crippen LogP contribution in [0.1, 0.15) is 11.1 Å². The molecule has 0 atom stereocenters.